The molecule has 3 rings (SSSR count). The maximum Gasteiger partial charge on any atom is 0.242 e. The average molecular weight is 330 g/mol. The Morgan fingerprint density at radius 1 is 0.957 bits per heavy atom. The van der Waals surface area contributed by atoms with E-state index in [0.717, 1.165) is 4.88 Å². The van der Waals surface area contributed by atoms with Crippen LogP contribution in [-0.2, 0) is 0 Å². The highest BCUT2D eigenvalue weighted by atomic mass is 32.1. The van der Waals surface area contributed by atoms with Crippen molar-refractivity contribution in [3.63, 3.8) is 0 Å². The Morgan fingerprint density at radius 2 is 1.61 bits per heavy atom. The van der Waals surface area contributed by atoms with E-state index in [1.165, 1.54) is 0 Å². The molecule has 2 aromatic heterocycles. The van der Waals surface area contributed by atoms with Crippen molar-refractivity contribution in [2.45, 2.75) is 20.0 Å². The molecule has 0 fully saturated rings. The minimum absolute atomic E-state index is 0.00272. The van der Waals surface area contributed by atoms with Crippen molar-refractivity contribution in [2.24, 2.45) is 0 Å². The fourth-order valence-corrected chi connectivity index (χ4v) is 2.99. The van der Waals surface area contributed by atoms with Crippen LogP contribution in [0.5, 0.6) is 17.4 Å². The van der Waals surface area contributed by atoms with Crippen LogP contribution < -0.4 is 14.2 Å². The van der Waals surface area contributed by atoms with E-state index in [9.17, 15) is 0 Å². The molecule has 3 aromatic rings. The van der Waals surface area contributed by atoms with Crippen LogP contribution in [0.3, 0.4) is 0 Å². The Kier molecular flexibility index (Phi) is 4.34. The number of nitrogens with zero attached hydrogens (tertiary/aromatic N) is 2. The quantitative estimate of drug-likeness (QED) is 0.703. The van der Waals surface area contributed by atoms with E-state index in [2.05, 4.69) is 4.98 Å². The summed E-state index contributed by atoms with van der Waals surface area (Å²) in [5.41, 5.74) is 2.00. The Labute approximate surface area is 138 Å². The number of benzene rings is 1. The van der Waals surface area contributed by atoms with Gasteiger partial charge in [-0.3, -0.25) is 0 Å². The molecule has 0 radical (unpaired) electrons. The fourth-order valence-electron chi connectivity index (χ4n) is 2.28. The molecule has 0 saturated heterocycles. The number of hydrogen-bond acceptors (Lipinski definition) is 6. The third-order valence-corrected chi connectivity index (χ3v) is 4.14. The number of aromatic nitrogens is 2. The molecule has 2 heterocycles. The normalized spacial score (nSPS) is 11.0. The number of fused-ring (bicyclic) bond motifs is 1. The van der Waals surface area contributed by atoms with Gasteiger partial charge in [-0.15, -0.1) is 11.3 Å². The van der Waals surface area contributed by atoms with Gasteiger partial charge in [-0.25, -0.2) is 9.97 Å². The maximum absolute atomic E-state index is 5.89. The van der Waals surface area contributed by atoms with Gasteiger partial charge < -0.3 is 14.2 Å². The topological polar surface area (TPSA) is 53.5 Å². The third-order valence-electron chi connectivity index (χ3n) is 3.26. The zero-order valence-electron chi connectivity index (χ0n) is 13.5. The summed E-state index contributed by atoms with van der Waals surface area (Å²) in [6, 6.07) is 7.63. The number of hydrogen-bond donors (Lipinski definition) is 0. The largest absolute Gasteiger partial charge is 0.494 e. The lowest BCUT2D eigenvalue weighted by molar-refractivity contribution is 0.233. The average Bonchev–Trinajstić information content (AvgIpc) is 3.06. The highest BCUT2D eigenvalue weighted by Crippen LogP contribution is 2.37. The van der Waals surface area contributed by atoms with Crippen molar-refractivity contribution >= 4 is 22.4 Å². The molecule has 6 heteroatoms. The van der Waals surface area contributed by atoms with Gasteiger partial charge in [-0.1, -0.05) is 6.07 Å². The zero-order valence-corrected chi connectivity index (χ0v) is 14.3. The monoisotopic (exact) mass is 330 g/mol. The van der Waals surface area contributed by atoms with Crippen LogP contribution in [0.2, 0.25) is 0 Å². The molecule has 0 unspecified atom stereocenters. The van der Waals surface area contributed by atoms with Crippen molar-refractivity contribution in [1.82, 2.24) is 9.97 Å². The number of rotatable bonds is 5. The molecule has 0 spiro atoms. The van der Waals surface area contributed by atoms with Crippen molar-refractivity contribution in [3.8, 4) is 28.0 Å². The van der Waals surface area contributed by atoms with Gasteiger partial charge in [0.15, 0.2) is 0 Å². The first-order valence-corrected chi connectivity index (χ1v) is 8.15. The predicted molar refractivity (Wildman–Crippen MR) is 91.7 cm³/mol. The van der Waals surface area contributed by atoms with Crippen LogP contribution in [0.4, 0.5) is 0 Å². The van der Waals surface area contributed by atoms with Crippen LogP contribution >= 0.6 is 11.3 Å². The molecule has 0 atom stereocenters. The standard InChI is InChI=1S/C17H18N2O3S/c1-10(2)22-17-16(13-6-5-9-23-13)18-14-11(20-3)7-8-12(21-4)15(14)19-17/h5-10H,1-4H3. The molecule has 23 heavy (non-hydrogen) atoms. The number of methoxy groups -OCH3 is 2. The molecular weight excluding hydrogens is 312 g/mol. The minimum atomic E-state index is -0.00272. The van der Waals surface area contributed by atoms with E-state index < -0.39 is 0 Å². The van der Waals surface area contributed by atoms with E-state index in [0.29, 0.717) is 34.1 Å². The first-order chi connectivity index (χ1) is 11.1. The molecule has 0 bridgehead atoms. The van der Waals surface area contributed by atoms with Crippen LogP contribution in [0.25, 0.3) is 21.6 Å². The van der Waals surface area contributed by atoms with E-state index in [-0.39, 0.29) is 6.10 Å². The summed E-state index contributed by atoms with van der Waals surface area (Å²) in [5.74, 6) is 1.79. The Morgan fingerprint density at radius 3 is 2.13 bits per heavy atom. The van der Waals surface area contributed by atoms with Gasteiger partial charge in [0.1, 0.15) is 28.2 Å². The lowest BCUT2D eigenvalue weighted by Crippen LogP contribution is -2.09. The second kappa shape index (κ2) is 6.42. The summed E-state index contributed by atoms with van der Waals surface area (Å²) < 4.78 is 16.7. The maximum atomic E-state index is 5.89. The van der Waals surface area contributed by atoms with Gasteiger partial charge in [0.25, 0.3) is 0 Å². The molecule has 0 aliphatic heterocycles. The summed E-state index contributed by atoms with van der Waals surface area (Å²) in [6.07, 6.45) is -0.00272. The Bertz CT molecular complexity index is 816. The van der Waals surface area contributed by atoms with Crippen molar-refractivity contribution in [1.29, 1.82) is 0 Å². The highest BCUT2D eigenvalue weighted by molar-refractivity contribution is 7.13. The van der Waals surface area contributed by atoms with Crippen molar-refractivity contribution in [3.05, 3.63) is 29.6 Å². The minimum Gasteiger partial charge on any atom is -0.494 e. The zero-order chi connectivity index (χ0) is 16.4. The van der Waals surface area contributed by atoms with Crippen molar-refractivity contribution in [2.75, 3.05) is 14.2 Å². The van der Waals surface area contributed by atoms with E-state index >= 15 is 0 Å². The lowest BCUT2D eigenvalue weighted by atomic mass is 10.2. The molecule has 1 aromatic carbocycles. The van der Waals surface area contributed by atoms with Gasteiger partial charge >= 0.3 is 0 Å². The van der Waals surface area contributed by atoms with E-state index in [1.807, 2.05) is 43.5 Å². The molecule has 5 nitrogen and oxygen atoms in total. The molecule has 120 valence electrons. The molecule has 0 aliphatic rings. The second-order valence-corrected chi connectivity index (χ2v) is 6.14. The third kappa shape index (κ3) is 2.94. The van der Waals surface area contributed by atoms with Crippen LogP contribution in [0.15, 0.2) is 29.6 Å². The summed E-state index contributed by atoms with van der Waals surface area (Å²) in [7, 11) is 3.23. The Balaban J connectivity index is 2.31. The van der Waals surface area contributed by atoms with E-state index in [1.54, 1.807) is 25.6 Å². The Hall–Kier alpha value is -2.34. The van der Waals surface area contributed by atoms with Crippen LogP contribution in [0, 0.1) is 0 Å². The molecule has 0 amide bonds. The lowest BCUT2D eigenvalue weighted by Gasteiger charge is -2.15. The first-order valence-electron chi connectivity index (χ1n) is 7.27. The van der Waals surface area contributed by atoms with E-state index in [4.69, 9.17) is 19.2 Å². The fraction of sp³-hybridized carbons (Fsp3) is 0.294. The molecular formula is C17H18N2O3S. The summed E-state index contributed by atoms with van der Waals surface area (Å²) in [4.78, 5) is 10.4. The first kappa shape index (κ1) is 15.6. The van der Waals surface area contributed by atoms with Crippen LogP contribution in [0.1, 0.15) is 13.8 Å². The van der Waals surface area contributed by atoms with Gasteiger partial charge in [-0.05, 0) is 37.4 Å². The number of thiophene rings is 1. The van der Waals surface area contributed by atoms with Crippen molar-refractivity contribution < 1.29 is 14.2 Å². The predicted octanol–water partition coefficient (Wildman–Crippen LogP) is 4.16. The molecule has 0 aliphatic carbocycles. The number of ether oxygens (including phenoxy) is 3. The molecule has 0 N–H and O–H groups in total. The van der Waals surface area contributed by atoms with Gasteiger partial charge in [-0.2, -0.15) is 0 Å². The summed E-state index contributed by atoms with van der Waals surface area (Å²) >= 11 is 1.59. The molecule has 0 saturated carbocycles. The van der Waals surface area contributed by atoms with Gasteiger partial charge in [0, 0.05) is 0 Å². The van der Waals surface area contributed by atoms with Crippen LogP contribution in [-0.4, -0.2) is 30.3 Å². The highest BCUT2D eigenvalue weighted by Gasteiger charge is 2.19. The van der Waals surface area contributed by atoms with Gasteiger partial charge in [0.05, 0.1) is 25.2 Å². The SMILES string of the molecule is COc1ccc(OC)c2nc(-c3cccs3)c(OC(C)C)nc12. The van der Waals surface area contributed by atoms with Gasteiger partial charge in [0.2, 0.25) is 5.88 Å². The smallest absolute Gasteiger partial charge is 0.242 e. The second-order valence-electron chi connectivity index (χ2n) is 5.19. The summed E-state index contributed by atoms with van der Waals surface area (Å²) in [6.45, 7) is 3.93. The summed E-state index contributed by atoms with van der Waals surface area (Å²) in [5, 5.41) is 2.00.